The third-order valence-corrected chi connectivity index (χ3v) is 5.61. The molecule has 11 heteroatoms. The highest BCUT2D eigenvalue weighted by molar-refractivity contribution is 5.79. The summed E-state index contributed by atoms with van der Waals surface area (Å²) in [6.07, 6.45) is -3.44. The van der Waals surface area contributed by atoms with E-state index in [0.29, 0.717) is 38.3 Å². The number of carbonyl (C=O) groups excluding carboxylic acids is 1. The van der Waals surface area contributed by atoms with Crippen molar-refractivity contribution in [2.75, 3.05) is 37.0 Å². The number of fused-ring (bicyclic) bond motifs is 1. The molecule has 4 rings (SSSR count). The SMILES string of the molecule is CN(C)c1ccc(CNC(=O)C2CCN(c3ccc4nnc(C(F)(F)F)n4n3)CC2)cc1. The topological polar surface area (TPSA) is 78.7 Å². The fourth-order valence-corrected chi connectivity index (χ4v) is 3.74. The summed E-state index contributed by atoms with van der Waals surface area (Å²) in [5.41, 5.74) is 2.15. The van der Waals surface area contributed by atoms with Gasteiger partial charge in [0.1, 0.15) is 5.82 Å². The third kappa shape index (κ3) is 4.61. The lowest BCUT2D eigenvalue weighted by Crippen LogP contribution is -2.40. The number of nitrogens with one attached hydrogen (secondary N) is 1. The predicted octanol–water partition coefficient (Wildman–Crippen LogP) is 2.74. The van der Waals surface area contributed by atoms with E-state index < -0.39 is 12.0 Å². The molecule has 0 aliphatic carbocycles. The molecule has 1 aliphatic heterocycles. The summed E-state index contributed by atoms with van der Waals surface area (Å²) in [6, 6.07) is 11.1. The maximum Gasteiger partial charge on any atom is 0.453 e. The van der Waals surface area contributed by atoms with E-state index in [1.54, 1.807) is 6.07 Å². The number of rotatable bonds is 5. The molecule has 2 aromatic heterocycles. The molecule has 0 bridgehead atoms. The van der Waals surface area contributed by atoms with Gasteiger partial charge in [-0.25, -0.2) is 0 Å². The Balaban J connectivity index is 1.34. The fourth-order valence-electron chi connectivity index (χ4n) is 3.74. The lowest BCUT2D eigenvalue weighted by atomic mass is 9.96. The van der Waals surface area contributed by atoms with Crippen molar-refractivity contribution >= 4 is 23.1 Å². The van der Waals surface area contributed by atoms with Gasteiger partial charge in [0.25, 0.3) is 5.82 Å². The molecule has 0 spiro atoms. The number of halogens is 3. The zero-order valence-electron chi connectivity index (χ0n) is 17.8. The van der Waals surface area contributed by atoms with Crippen LogP contribution in [0.4, 0.5) is 24.7 Å². The van der Waals surface area contributed by atoms with Crippen LogP contribution in [0.2, 0.25) is 0 Å². The van der Waals surface area contributed by atoms with E-state index in [9.17, 15) is 18.0 Å². The molecule has 3 aromatic rings. The van der Waals surface area contributed by atoms with E-state index in [1.165, 1.54) is 6.07 Å². The van der Waals surface area contributed by atoms with Crippen molar-refractivity contribution < 1.29 is 18.0 Å². The largest absolute Gasteiger partial charge is 0.453 e. The lowest BCUT2D eigenvalue weighted by Gasteiger charge is -2.32. The van der Waals surface area contributed by atoms with E-state index in [1.807, 2.05) is 48.2 Å². The molecule has 0 atom stereocenters. The van der Waals surface area contributed by atoms with Gasteiger partial charge in [0.05, 0.1) is 0 Å². The highest BCUT2D eigenvalue weighted by Crippen LogP contribution is 2.28. The second-order valence-electron chi connectivity index (χ2n) is 8.02. The van der Waals surface area contributed by atoms with Crippen molar-refractivity contribution in [2.24, 2.45) is 5.92 Å². The van der Waals surface area contributed by atoms with Crippen molar-refractivity contribution in [3.8, 4) is 0 Å². The number of amides is 1. The number of aromatic nitrogens is 4. The number of nitrogens with zero attached hydrogens (tertiary/aromatic N) is 6. The number of benzene rings is 1. The number of carbonyl (C=O) groups is 1. The van der Waals surface area contributed by atoms with Gasteiger partial charge in [-0.05, 0) is 42.7 Å². The monoisotopic (exact) mass is 447 g/mol. The zero-order chi connectivity index (χ0) is 22.9. The molecule has 0 radical (unpaired) electrons. The van der Waals surface area contributed by atoms with Crippen LogP contribution in [-0.4, -0.2) is 52.9 Å². The highest BCUT2D eigenvalue weighted by atomic mass is 19.4. The van der Waals surface area contributed by atoms with E-state index in [2.05, 4.69) is 20.6 Å². The standard InChI is InChI=1S/C21H24F3N7O/c1-29(2)16-5-3-14(4-6-16)13-25-19(32)15-9-11-30(12-10-15)18-8-7-17-26-27-20(21(22,23)24)31(17)28-18/h3-8,15H,9-13H2,1-2H3,(H,25,32). The summed E-state index contributed by atoms with van der Waals surface area (Å²) in [5, 5.41) is 13.8. The number of hydrogen-bond acceptors (Lipinski definition) is 6. The second kappa shape index (κ2) is 8.64. The molecule has 1 N–H and O–H groups in total. The maximum atomic E-state index is 13.1. The summed E-state index contributed by atoms with van der Waals surface area (Å²) >= 11 is 0. The zero-order valence-corrected chi connectivity index (χ0v) is 17.8. The number of hydrogen-bond donors (Lipinski definition) is 1. The van der Waals surface area contributed by atoms with Gasteiger partial charge >= 0.3 is 6.18 Å². The van der Waals surface area contributed by atoms with Crippen LogP contribution in [0.25, 0.3) is 5.65 Å². The van der Waals surface area contributed by atoms with Crippen LogP contribution in [0.15, 0.2) is 36.4 Å². The molecule has 3 heterocycles. The van der Waals surface area contributed by atoms with Crippen LogP contribution in [0.5, 0.6) is 0 Å². The van der Waals surface area contributed by atoms with Crippen molar-refractivity contribution in [3.05, 3.63) is 47.8 Å². The average Bonchev–Trinajstić information content (AvgIpc) is 3.22. The van der Waals surface area contributed by atoms with Crippen LogP contribution in [0.1, 0.15) is 24.2 Å². The van der Waals surface area contributed by atoms with E-state index in [4.69, 9.17) is 0 Å². The molecule has 1 aromatic carbocycles. The van der Waals surface area contributed by atoms with Gasteiger partial charge in [-0.15, -0.1) is 15.3 Å². The van der Waals surface area contributed by atoms with Crippen molar-refractivity contribution in [1.82, 2.24) is 25.1 Å². The summed E-state index contributed by atoms with van der Waals surface area (Å²) in [5.74, 6) is -0.899. The van der Waals surface area contributed by atoms with Crippen LogP contribution in [-0.2, 0) is 17.5 Å². The van der Waals surface area contributed by atoms with Gasteiger partial charge in [-0.3, -0.25) is 4.79 Å². The molecular formula is C21H24F3N7O. The Morgan fingerprint density at radius 2 is 1.78 bits per heavy atom. The minimum absolute atomic E-state index is 0.0112. The van der Waals surface area contributed by atoms with Gasteiger partial charge in [0, 0.05) is 45.3 Å². The first-order chi connectivity index (χ1) is 15.2. The molecule has 1 fully saturated rings. The third-order valence-electron chi connectivity index (χ3n) is 5.61. The first-order valence-electron chi connectivity index (χ1n) is 10.3. The van der Waals surface area contributed by atoms with E-state index >= 15 is 0 Å². The second-order valence-corrected chi connectivity index (χ2v) is 8.02. The minimum atomic E-state index is -4.64. The Bertz CT molecular complexity index is 1090. The molecule has 1 saturated heterocycles. The van der Waals surface area contributed by atoms with Gasteiger partial charge in [0.2, 0.25) is 5.91 Å². The Kier molecular flexibility index (Phi) is 5.90. The quantitative estimate of drug-likeness (QED) is 0.648. The normalized spacial score (nSPS) is 15.2. The number of anilines is 2. The molecule has 32 heavy (non-hydrogen) atoms. The number of piperidine rings is 1. The van der Waals surface area contributed by atoms with Crippen LogP contribution in [0, 0.1) is 5.92 Å². The first-order valence-corrected chi connectivity index (χ1v) is 10.3. The molecule has 1 amide bonds. The molecule has 0 saturated carbocycles. The van der Waals surface area contributed by atoms with E-state index in [0.717, 1.165) is 15.8 Å². The van der Waals surface area contributed by atoms with Crippen molar-refractivity contribution in [3.63, 3.8) is 0 Å². The average molecular weight is 447 g/mol. The first kappa shape index (κ1) is 21.8. The van der Waals surface area contributed by atoms with Gasteiger partial charge in [-0.1, -0.05) is 12.1 Å². The van der Waals surface area contributed by atoms with Crippen LogP contribution in [0.3, 0.4) is 0 Å². The minimum Gasteiger partial charge on any atom is -0.378 e. The Morgan fingerprint density at radius 3 is 2.41 bits per heavy atom. The summed E-state index contributed by atoms with van der Waals surface area (Å²) in [6.45, 7) is 1.51. The molecule has 0 unspecified atom stereocenters. The fraction of sp³-hybridized carbons (Fsp3) is 0.429. The maximum absolute atomic E-state index is 13.1. The van der Waals surface area contributed by atoms with E-state index in [-0.39, 0.29) is 17.5 Å². The Labute approximate surface area is 183 Å². The van der Waals surface area contributed by atoms with Crippen molar-refractivity contribution in [2.45, 2.75) is 25.6 Å². The van der Waals surface area contributed by atoms with Gasteiger partial charge in [0.15, 0.2) is 5.65 Å². The predicted molar refractivity (Wildman–Crippen MR) is 113 cm³/mol. The summed E-state index contributed by atoms with van der Waals surface area (Å²) < 4.78 is 40.0. The Morgan fingerprint density at radius 1 is 1.09 bits per heavy atom. The summed E-state index contributed by atoms with van der Waals surface area (Å²) in [4.78, 5) is 16.5. The van der Waals surface area contributed by atoms with Gasteiger partial charge in [-0.2, -0.15) is 17.7 Å². The summed E-state index contributed by atoms with van der Waals surface area (Å²) in [7, 11) is 3.94. The van der Waals surface area contributed by atoms with Crippen LogP contribution >= 0.6 is 0 Å². The molecule has 8 nitrogen and oxygen atoms in total. The number of alkyl halides is 3. The molecular weight excluding hydrogens is 423 g/mol. The van der Waals surface area contributed by atoms with Crippen LogP contribution < -0.4 is 15.1 Å². The smallest absolute Gasteiger partial charge is 0.378 e. The van der Waals surface area contributed by atoms with Crippen molar-refractivity contribution in [1.29, 1.82) is 0 Å². The van der Waals surface area contributed by atoms with Gasteiger partial charge < -0.3 is 15.1 Å². The highest BCUT2D eigenvalue weighted by Gasteiger charge is 2.38. The Hall–Kier alpha value is -3.37. The molecule has 1 aliphatic rings. The lowest BCUT2D eigenvalue weighted by molar-refractivity contribution is -0.146. The molecule has 170 valence electrons.